The number of fused-ring (bicyclic) bond motifs is 1. The fraction of sp³-hybridized carbons (Fsp3) is 0.474. The Morgan fingerprint density at radius 1 is 1.38 bits per heavy atom. The summed E-state index contributed by atoms with van der Waals surface area (Å²) in [5, 5.41) is 10.8. The molecule has 0 radical (unpaired) electrons. The molecule has 1 aromatic carbocycles. The van der Waals surface area contributed by atoms with E-state index in [-0.39, 0.29) is 5.91 Å². The number of rotatable bonds is 5. The lowest BCUT2D eigenvalue weighted by atomic mass is 9.85. The number of amides is 1. The molecule has 126 valence electrons. The molecular weight excluding hydrogens is 300 g/mol. The molecule has 1 amide bonds. The van der Waals surface area contributed by atoms with Crippen LogP contribution in [0.1, 0.15) is 46.3 Å². The van der Waals surface area contributed by atoms with Crippen LogP contribution in [0.25, 0.3) is 0 Å². The lowest BCUT2D eigenvalue weighted by Crippen LogP contribution is -2.29. The van der Waals surface area contributed by atoms with Crippen molar-refractivity contribution in [3.63, 3.8) is 0 Å². The Morgan fingerprint density at radius 2 is 2.29 bits per heavy atom. The molecular formula is C19H24N4O. The van der Waals surface area contributed by atoms with E-state index in [0.717, 1.165) is 48.7 Å². The van der Waals surface area contributed by atoms with Gasteiger partial charge >= 0.3 is 0 Å². The largest absolute Gasteiger partial charge is 0.348 e. The van der Waals surface area contributed by atoms with E-state index in [1.807, 2.05) is 23.0 Å². The molecule has 24 heavy (non-hydrogen) atoms. The molecule has 2 N–H and O–H groups in total. The van der Waals surface area contributed by atoms with Gasteiger partial charge in [0, 0.05) is 37.0 Å². The summed E-state index contributed by atoms with van der Waals surface area (Å²) in [5.41, 5.74) is 4.28. The van der Waals surface area contributed by atoms with Crippen LogP contribution < -0.4 is 10.6 Å². The summed E-state index contributed by atoms with van der Waals surface area (Å²) in [4.78, 5) is 12.6. The second kappa shape index (κ2) is 6.77. The molecule has 1 aliphatic heterocycles. The third-order valence-corrected chi connectivity index (χ3v) is 5.20. The Hall–Kier alpha value is -2.14. The maximum Gasteiger partial charge on any atom is 0.251 e. The minimum atomic E-state index is 0.00212. The fourth-order valence-corrected chi connectivity index (χ4v) is 3.54. The van der Waals surface area contributed by atoms with Crippen LogP contribution in [0.4, 0.5) is 0 Å². The minimum Gasteiger partial charge on any atom is -0.348 e. The van der Waals surface area contributed by atoms with Crippen LogP contribution in [-0.2, 0) is 26.1 Å². The van der Waals surface area contributed by atoms with Gasteiger partial charge in [-0.15, -0.1) is 0 Å². The van der Waals surface area contributed by atoms with Crippen LogP contribution in [0.5, 0.6) is 0 Å². The van der Waals surface area contributed by atoms with Crippen molar-refractivity contribution in [1.82, 2.24) is 20.4 Å². The summed E-state index contributed by atoms with van der Waals surface area (Å²) >= 11 is 0. The van der Waals surface area contributed by atoms with E-state index in [1.54, 1.807) is 0 Å². The number of aromatic nitrogens is 2. The van der Waals surface area contributed by atoms with Crippen LogP contribution >= 0.6 is 0 Å². The van der Waals surface area contributed by atoms with Gasteiger partial charge in [0.1, 0.15) is 0 Å². The van der Waals surface area contributed by atoms with Gasteiger partial charge in [0.2, 0.25) is 0 Å². The first-order chi connectivity index (χ1) is 11.8. The van der Waals surface area contributed by atoms with Crippen LogP contribution in [0.2, 0.25) is 0 Å². The molecule has 4 rings (SSSR count). The van der Waals surface area contributed by atoms with Crippen LogP contribution in [-0.4, -0.2) is 22.2 Å². The van der Waals surface area contributed by atoms with Crippen molar-refractivity contribution in [2.45, 2.75) is 45.3 Å². The summed E-state index contributed by atoms with van der Waals surface area (Å²) in [6, 6.07) is 6.02. The lowest BCUT2D eigenvalue weighted by Gasteiger charge is -2.24. The number of nitrogens with one attached hydrogen (secondary N) is 2. The van der Waals surface area contributed by atoms with Crippen molar-refractivity contribution in [2.24, 2.45) is 5.92 Å². The molecule has 2 aromatic rings. The molecule has 5 nitrogen and oxygen atoms in total. The quantitative estimate of drug-likeness (QED) is 0.887. The molecule has 0 unspecified atom stereocenters. The van der Waals surface area contributed by atoms with Crippen molar-refractivity contribution in [2.75, 3.05) is 6.54 Å². The van der Waals surface area contributed by atoms with E-state index in [1.165, 1.54) is 24.8 Å². The molecule has 1 saturated carbocycles. The average Bonchev–Trinajstić information content (AvgIpc) is 3.03. The predicted molar refractivity (Wildman–Crippen MR) is 92.6 cm³/mol. The van der Waals surface area contributed by atoms with Crippen molar-refractivity contribution in [3.05, 3.63) is 52.8 Å². The zero-order valence-corrected chi connectivity index (χ0v) is 13.9. The Labute approximate surface area is 142 Å². The van der Waals surface area contributed by atoms with Gasteiger partial charge in [-0.1, -0.05) is 18.6 Å². The van der Waals surface area contributed by atoms with Crippen molar-refractivity contribution >= 4 is 5.91 Å². The van der Waals surface area contributed by atoms with Crippen LogP contribution in [0.3, 0.4) is 0 Å². The summed E-state index contributed by atoms with van der Waals surface area (Å²) in [6.07, 6.45) is 8.90. The summed E-state index contributed by atoms with van der Waals surface area (Å²) in [7, 11) is 0. The molecule has 0 saturated heterocycles. The lowest BCUT2D eigenvalue weighted by molar-refractivity contribution is 0.0949. The highest BCUT2D eigenvalue weighted by molar-refractivity contribution is 5.96. The van der Waals surface area contributed by atoms with E-state index in [2.05, 4.69) is 28.0 Å². The number of benzene rings is 1. The topological polar surface area (TPSA) is 59.0 Å². The van der Waals surface area contributed by atoms with E-state index in [4.69, 9.17) is 0 Å². The van der Waals surface area contributed by atoms with E-state index in [0.29, 0.717) is 6.54 Å². The Balaban J connectivity index is 1.38. The maximum absolute atomic E-state index is 12.6. The van der Waals surface area contributed by atoms with Gasteiger partial charge in [-0.2, -0.15) is 5.10 Å². The molecule has 2 aliphatic rings. The minimum absolute atomic E-state index is 0.00212. The Bertz CT molecular complexity index is 733. The van der Waals surface area contributed by atoms with Gasteiger partial charge < -0.3 is 10.6 Å². The van der Waals surface area contributed by atoms with Crippen molar-refractivity contribution in [3.8, 4) is 0 Å². The SMILES string of the molecule is O=C(NCc1cnn(CC2CCC2)c1)c1cccc2c1CNCC2. The van der Waals surface area contributed by atoms with Gasteiger partial charge in [-0.25, -0.2) is 0 Å². The molecule has 1 aromatic heterocycles. The maximum atomic E-state index is 12.6. The van der Waals surface area contributed by atoms with Crippen molar-refractivity contribution < 1.29 is 4.79 Å². The molecule has 1 aliphatic carbocycles. The highest BCUT2D eigenvalue weighted by atomic mass is 16.1. The first kappa shape index (κ1) is 15.4. The predicted octanol–water partition coefficient (Wildman–Crippen LogP) is 2.26. The number of nitrogens with zero attached hydrogens (tertiary/aromatic N) is 2. The highest BCUT2D eigenvalue weighted by Gasteiger charge is 2.19. The number of carbonyl (C=O) groups is 1. The molecule has 0 atom stereocenters. The molecule has 0 bridgehead atoms. The Kier molecular flexibility index (Phi) is 4.34. The molecule has 1 fully saturated rings. The Morgan fingerprint density at radius 3 is 3.12 bits per heavy atom. The first-order valence-electron chi connectivity index (χ1n) is 8.90. The zero-order valence-electron chi connectivity index (χ0n) is 13.9. The average molecular weight is 324 g/mol. The van der Waals surface area contributed by atoms with E-state index in [9.17, 15) is 4.79 Å². The number of hydrogen-bond acceptors (Lipinski definition) is 3. The van der Waals surface area contributed by atoms with Gasteiger partial charge in [-0.3, -0.25) is 9.48 Å². The van der Waals surface area contributed by atoms with Crippen molar-refractivity contribution in [1.29, 1.82) is 0 Å². The second-order valence-corrected chi connectivity index (χ2v) is 6.92. The summed E-state index contributed by atoms with van der Waals surface area (Å²) in [6.45, 7) is 3.29. The van der Waals surface area contributed by atoms with Crippen LogP contribution in [0.15, 0.2) is 30.6 Å². The molecule has 5 heteroatoms. The zero-order chi connectivity index (χ0) is 16.4. The number of carbonyl (C=O) groups excluding carboxylic acids is 1. The third-order valence-electron chi connectivity index (χ3n) is 5.20. The van der Waals surface area contributed by atoms with E-state index < -0.39 is 0 Å². The highest BCUT2D eigenvalue weighted by Crippen LogP contribution is 2.27. The normalized spacial score (nSPS) is 17.2. The molecule has 0 spiro atoms. The van der Waals surface area contributed by atoms with Gasteiger partial charge in [-0.05, 0) is 48.9 Å². The second-order valence-electron chi connectivity index (χ2n) is 6.92. The summed E-state index contributed by atoms with van der Waals surface area (Å²) in [5.74, 6) is 0.790. The first-order valence-corrected chi connectivity index (χ1v) is 8.90. The van der Waals surface area contributed by atoms with Gasteiger partial charge in [0.15, 0.2) is 0 Å². The third kappa shape index (κ3) is 3.22. The van der Waals surface area contributed by atoms with E-state index >= 15 is 0 Å². The fourth-order valence-electron chi connectivity index (χ4n) is 3.54. The van der Waals surface area contributed by atoms with Gasteiger partial charge in [0.05, 0.1) is 6.20 Å². The van der Waals surface area contributed by atoms with Gasteiger partial charge in [0.25, 0.3) is 5.91 Å². The summed E-state index contributed by atoms with van der Waals surface area (Å²) < 4.78 is 2.01. The standard InChI is InChI=1S/C19H24N4O/c24-19(17-6-2-5-16-7-8-20-11-18(16)17)21-9-15-10-22-23(13-15)12-14-3-1-4-14/h2,5-6,10,13-14,20H,1,3-4,7-9,11-12H2,(H,21,24). The number of hydrogen-bond donors (Lipinski definition) is 2. The van der Waals surface area contributed by atoms with Crippen LogP contribution in [0, 0.1) is 5.92 Å². The smallest absolute Gasteiger partial charge is 0.251 e. The monoisotopic (exact) mass is 324 g/mol. The molecule has 2 heterocycles.